The summed E-state index contributed by atoms with van der Waals surface area (Å²) < 4.78 is 1.15. The van der Waals surface area contributed by atoms with Crippen LogP contribution in [-0.2, 0) is 11.2 Å². The molecule has 0 saturated heterocycles. The molecule has 2 aromatic carbocycles. The number of aromatic nitrogens is 2. The van der Waals surface area contributed by atoms with Gasteiger partial charge in [-0.25, -0.2) is 9.97 Å². The number of nitrogens with one attached hydrogen (secondary N) is 2. The minimum Gasteiger partial charge on any atom is -0.325 e. The van der Waals surface area contributed by atoms with E-state index in [4.69, 9.17) is 11.6 Å². The molecule has 1 aromatic heterocycles. The first-order chi connectivity index (χ1) is 12.1. The van der Waals surface area contributed by atoms with Gasteiger partial charge < -0.3 is 10.6 Å². The molecule has 0 bridgehead atoms. The Balaban J connectivity index is 1.77. The highest BCUT2D eigenvalue weighted by molar-refractivity contribution is 14.1. The number of rotatable bonds is 2. The van der Waals surface area contributed by atoms with Crippen molar-refractivity contribution in [3.63, 3.8) is 0 Å². The fraction of sp³-hybridized carbons (Fsp3) is 0.0556. The number of fused-ring (bicyclic) bond motifs is 3. The smallest absolute Gasteiger partial charge is 0.228 e. The van der Waals surface area contributed by atoms with Crippen molar-refractivity contribution in [2.45, 2.75) is 6.42 Å². The van der Waals surface area contributed by atoms with E-state index >= 15 is 0 Å². The molecule has 0 aliphatic carbocycles. The normalized spacial score (nSPS) is 12.6. The first-order valence-corrected chi connectivity index (χ1v) is 9.02. The summed E-state index contributed by atoms with van der Waals surface area (Å²) in [5.41, 5.74) is 3.91. The second-order valence-corrected chi connectivity index (χ2v) is 7.30. The molecular weight excluding hydrogens is 451 g/mol. The monoisotopic (exact) mass is 462 g/mol. The first-order valence-electron chi connectivity index (χ1n) is 7.57. The maximum atomic E-state index is 12.1. The van der Waals surface area contributed by atoms with Crippen LogP contribution in [-0.4, -0.2) is 15.9 Å². The molecule has 1 amide bonds. The molecule has 2 heterocycles. The lowest BCUT2D eigenvalue weighted by molar-refractivity contribution is -0.115. The van der Waals surface area contributed by atoms with Gasteiger partial charge in [0.1, 0.15) is 0 Å². The second-order valence-electron chi connectivity index (χ2n) is 5.61. The van der Waals surface area contributed by atoms with Crippen LogP contribution in [0.1, 0.15) is 5.56 Å². The lowest BCUT2D eigenvalue weighted by Gasteiger charge is -2.11. The number of halogens is 2. The standard InChI is InChI=1S/C18H12ClIN4O/c19-11-1-6-14-15(8-11)23-16(25)7-10-9-21-18(24-17(10)14)22-13-4-2-12(20)3-5-13/h1-6,8-9H,7H2,(H,23,25)(H,21,22,24). The van der Waals surface area contributed by atoms with Crippen LogP contribution >= 0.6 is 34.2 Å². The lowest BCUT2D eigenvalue weighted by Crippen LogP contribution is -2.12. The van der Waals surface area contributed by atoms with Gasteiger partial charge in [0.15, 0.2) is 0 Å². The van der Waals surface area contributed by atoms with Gasteiger partial charge in [-0.2, -0.15) is 0 Å². The second kappa shape index (κ2) is 6.61. The van der Waals surface area contributed by atoms with Crippen molar-refractivity contribution >= 4 is 57.4 Å². The van der Waals surface area contributed by atoms with Crippen LogP contribution in [0.5, 0.6) is 0 Å². The van der Waals surface area contributed by atoms with Crippen molar-refractivity contribution in [2.75, 3.05) is 10.6 Å². The fourth-order valence-electron chi connectivity index (χ4n) is 2.69. The number of hydrogen-bond donors (Lipinski definition) is 2. The Labute approximate surface area is 163 Å². The zero-order valence-electron chi connectivity index (χ0n) is 12.9. The molecule has 7 heteroatoms. The van der Waals surface area contributed by atoms with E-state index < -0.39 is 0 Å². The van der Waals surface area contributed by atoms with Crippen molar-refractivity contribution < 1.29 is 4.79 Å². The van der Waals surface area contributed by atoms with Crippen molar-refractivity contribution in [1.29, 1.82) is 0 Å². The summed E-state index contributed by atoms with van der Waals surface area (Å²) in [7, 11) is 0. The van der Waals surface area contributed by atoms with Crippen LogP contribution in [0.2, 0.25) is 5.02 Å². The Kier molecular flexibility index (Phi) is 4.30. The number of carbonyl (C=O) groups is 1. The summed E-state index contributed by atoms with van der Waals surface area (Å²) in [6.07, 6.45) is 1.92. The van der Waals surface area contributed by atoms with E-state index in [1.54, 1.807) is 18.3 Å². The van der Waals surface area contributed by atoms with E-state index in [-0.39, 0.29) is 12.3 Å². The summed E-state index contributed by atoms with van der Waals surface area (Å²) in [5.74, 6) is 0.374. The molecule has 0 spiro atoms. The molecule has 4 rings (SSSR count). The third kappa shape index (κ3) is 3.45. The van der Waals surface area contributed by atoms with E-state index in [1.807, 2.05) is 30.3 Å². The summed E-state index contributed by atoms with van der Waals surface area (Å²) in [6.45, 7) is 0. The number of amides is 1. The quantitative estimate of drug-likeness (QED) is 0.545. The van der Waals surface area contributed by atoms with Gasteiger partial charge in [-0.15, -0.1) is 0 Å². The molecule has 0 unspecified atom stereocenters. The summed E-state index contributed by atoms with van der Waals surface area (Å²) in [6, 6.07) is 13.3. The van der Waals surface area contributed by atoms with Gasteiger partial charge in [0.05, 0.1) is 17.8 Å². The third-order valence-corrected chi connectivity index (χ3v) is 4.78. The van der Waals surface area contributed by atoms with Crippen molar-refractivity contribution in [3.8, 4) is 11.3 Å². The molecular formula is C18H12ClIN4O. The average molecular weight is 463 g/mol. The van der Waals surface area contributed by atoms with Gasteiger partial charge in [-0.1, -0.05) is 11.6 Å². The summed E-state index contributed by atoms with van der Waals surface area (Å²) in [4.78, 5) is 21.1. The van der Waals surface area contributed by atoms with Crippen LogP contribution in [0.3, 0.4) is 0 Å². The van der Waals surface area contributed by atoms with Gasteiger partial charge >= 0.3 is 0 Å². The summed E-state index contributed by atoms with van der Waals surface area (Å²) >= 11 is 8.32. The Bertz CT molecular complexity index is 975. The predicted octanol–water partition coefficient (Wildman–Crippen LogP) is 4.64. The lowest BCUT2D eigenvalue weighted by atomic mass is 10.1. The highest BCUT2D eigenvalue weighted by Crippen LogP contribution is 2.34. The Morgan fingerprint density at radius 3 is 2.76 bits per heavy atom. The van der Waals surface area contributed by atoms with Crippen LogP contribution in [0.4, 0.5) is 17.3 Å². The van der Waals surface area contributed by atoms with E-state index in [0.717, 1.165) is 26.1 Å². The molecule has 0 atom stereocenters. The molecule has 1 aliphatic heterocycles. The van der Waals surface area contributed by atoms with Crippen LogP contribution in [0.15, 0.2) is 48.7 Å². The van der Waals surface area contributed by atoms with E-state index in [2.05, 4.69) is 43.2 Å². The molecule has 2 N–H and O–H groups in total. The zero-order chi connectivity index (χ0) is 17.4. The van der Waals surface area contributed by atoms with Gasteiger partial charge in [0, 0.05) is 31.6 Å². The van der Waals surface area contributed by atoms with Gasteiger partial charge in [-0.05, 0) is 65.1 Å². The number of hydrogen-bond acceptors (Lipinski definition) is 4. The van der Waals surface area contributed by atoms with Gasteiger partial charge in [0.25, 0.3) is 0 Å². The number of carbonyl (C=O) groups excluding carboxylic acids is 1. The van der Waals surface area contributed by atoms with Crippen molar-refractivity contribution in [1.82, 2.24) is 9.97 Å². The highest BCUT2D eigenvalue weighted by Gasteiger charge is 2.21. The van der Waals surface area contributed by atoms with Crippen molar-refractivity contribution in [3.05, 3.63) is 62.8 Å². The Hall–Kier alpha value is -2.19. The molecule has 0 fully saturated rings. The van der Waals surface area contributed by atoms with Crippen LogP contribution in [0, 0.1) is 3.57 Å². The number of anilines is 3. The fourth-order valence-corrected chi connectivity index (χ4v) is 3.22. The van der Waals surface area contributed by atoms with Gasteiger partial charge in [-0.3, -0.25) is 4.79 Å². The molecule has 1 aliphatic rings. The highest BCUT2D eigenvalue weighted by atomic mass is 127. The minimum atomic E-state index is -0.107. The molecule has 0 radical (unpaired) electrons. The first kappa shape index (κ1) is 16.3. The summed E-state index contributed by atoms with van der Waals surface area (Å²) in [5, 5.41) is 6.63. The molecule has 0 saturated carbocycles. The van der Waals surface area contributed by atoms with Gasteiger partial charge in [0.2, 0.25) is 11.9 Å². The maximum Gasteiger partial charge on any atom is 0.228 e. The third-order valence-electron chi connectivity index (χ3n) is 3.83. The topological polar surface area (TPSA) is 66.9 Å². The minimum absolute atomic E-state index is 0.107. The number of benzene rings is 2. The Morgan fingerprint density at radius 2 is 1.96 bits per heavy atom. The van der Waals surface area contributed by atoms with Crippen LogP contribution < -0.4 is 10.6 Å². The van der Waals surface area contributed by atoms with Crippen LogP contribution in [0.25, 0.3) is 11.3 Å². The maximum absolute atomic E-state index is 12.1. The SMILES string of the molecule is O=C1Cc2cnc(Nc3ccc(I)cc3)nc2-c2ccc(Cl)cc2N1. The molecule has 25 heavy (non-hydrogen) atoms. The molecule has 5 nitrogen and oxygen atoms in total. The van der Waals surface area contributed by atoms with E-state index in [1.165, 1.54) is 0 Å². The number of nitrogens with zero attached hydrogens (tertiary/aromatic N) is 2. The zero-order valence-corrected chi connectivity index (χ0v) is 15.8. The Morgan fingerprint density at radius 1 is 1.16 bits per heavy atom. The molecule has 3 aromatic rings. The van der Waals surface area contributed by atoms with Crippen molar-refractivity contribution in [2.24, 2.45) is 0 Å². The average Bonchev–Trinajstić information content (AvgIpc) is 2.71. The largest absolute Gasteiger partial charge is 0.325 e. The van der Waals surface area contributed by atoms with E-state index in [0.29, 0.717) is 16.7 Å². The van der Waals surface area contributed by atoms with E-state index in [9.17, 15) is 4.79 Å². The predicted molar refractivity (Wildman–Crippen MR) is 107 cm³/mol. The molecule has 124 valence electrons.